The van der Waals surface area contributed by atoms with E-state index in [4.69, 9.17) is 4.74 Å². The highest BCUT2D eigenvalue weighted by molar-refractivity contribution is 5.82. The standard InChI is InChI=1S/C15H17N3O/c1-2-18-14-6-4-3-5-12(14)13(17-18)9-15(10-16)7-8-19-11-15/h3-6H,2,7-9,11H2,1H3. The van der Waals surface area contributed by atoms with Crippen molar-refractivity contribution in [3.05, 3.63) is 30.0 Å². The molecule has 1 aliphatic rings. The first-order valence-electron chi connectivity index (χ1n) is 6.71. The van der Waals surface area contributed by atoms with E-state index in [9.17, 15) is 5.26 Å². The van der Waals surface area contributed by atoms with Crippen molar-refractivity contribution in [3.8, 4) is 6.07 Å². The van der Waals surface area contributed by atoms with Gasteiger partial charge < -0.3 is 4.74 Å². The molecule has 0 N–H and O–H groups in total. The minimum absolute atomic E-state index is 0.393. The van der Waals surface area contributed by atoms with Gasteiger partial charge in [-0.1, -0.05) is 18.2 Å². The summed E-state index contributed by atoms with van der Waals surface area (Å²) in [4.78, 5) is 0. The van der Waals surface area contributed by atoms with Crippen molar-refractivity contribution in [1.29, 1.82) is 5.26 Å². The highest BCUT2D eigenvalue weighted by Gasteiger charge is 2.36. The lowest BCUT2D eigenvalue weighted by atomic mass is 9.83. The maximum atomic E-state index is 9.45. The topological polar surface area (TPSA) is 50.8 Å². The molecule has 1 saturated heterocycles. The van der Waals surface area contributed by atoms with Gasteiger partial charge in [0, 0.05) is 25.0 Å². The van der Waals surface area contributed by atoms with Crippen molar-refractivity contribution < 1.29 is 4.74 Å². The number of nitriles is 1. The van der Waals surface area contributed by atoms with Crippen molar-refractivity contribution >= 4 is 10.9 Å². The molecule has 1 unspecified atom stereocenters. The van der Waals surface area contributed by atoms with Crippen LogP contribution < -0.4 is 0 Å². The van der Waals surface area contributed by atoms with Gasteiger partial charge in [-0.2, -0.15) is 10.4 Å². The number of rotatable bonds is 3. The highest BCUT2D eigenvalue weighted by Crippen LogP contribution is 2.33. The number of hydrogen-bond donors (Lipinski definition) is 0. The molecule has 0 amide bonds. The van der Waals surface area contributed by atoms with Crippen LogP contribution >= 0.6 is 0 Å². The predicted molar refractivity (Wildman–Crippen MR) is 72.6 cm³/mol. The van der Waals surface area contributed by atoms with Crippen LogP contribution in [0, 0.1) is 16.7 Å². The summed E-state index contributed by atoms with van der Waals surface area (Å²) in [6.07, 6.45) is 1.48. The van der Waals surface area contributed by atoms with E-state index in [0.29, 0.717) is 19.6 Å². The lowest BCUT2D eigenvalue weighted by molar-refractivity contribution is 0.171. The van der Waals surface area contributed by atoms with Crippen molar-refractivity contribution in [1.82, 2.24) is 9.78 Å². The Labute approximate surface area is 112 Å². The molecule has 98 valence electrons. The quantitative estimate of drug-likeness (QED) is 0.846. The van der Waals surface area contributed by atoms with Gasteiger partial charge in [-0.15, -0.1) is 0 Å². The Bertz CT molecular complexity index is 632. The molecular weight excluding hydrogens is 238 g/mol. The number of aromatic nitrogens is 2. The summed E-state index contributed by atoms with van der Waals surface area (Å²) in [5.74, 6) is 0. The Balaban J connectivity index is 2.04. The molecule has 1 aliphatic heterocycles. The summed E-state index contributed by atoms with van der Waals surface area (Å²) in [5.41, 5.74) is 1.77. The van der Waals surface area contributed by atoms with E-state index >= 15 is 0 Å². The van der Waals surface area contributed by atoms with Gasteiger partial charge in [-0.25, -0.2) is 0 Å². The lowest BCUT2D eigenvalue weighted by Crippen LogP contribution is -2.22. The third-order valence-electron chi connectivity index (χ3n) is 3.88. The second-order valence-electron chi connectivity index (χ2n) is 5.15. The zero-order chi connectivity index (χ0) is 13.3. The molecule has 0 bridgehead atoms. The summed E-state index contributed by atoms with van der Waals surface area (Å²) in [7, 11) is 0. The molecule has 3 rings (SSSR count). The van der Waals surface area contributed by atoms with Gasteiger partial charge in [-0.05, 0) is 19.4 Å². The van der Waals surface area contributed by atoms with Gasteiger partial charge in [0.05, 0.1) is 29.3 Å². The van der Waals surface area contributed by atoms with E-state index in [-0.39, 0.29) is 0 Å². The van der Waals surface area contributed by atoms with Gasteiger partial charge in [-0.3, -0.25) is 4.68 Å². The largest absolute Gasteiger partial charge is 0.380 e. The van der Waals surface area contributed by atoms with E-state index in [1.807, 2.05) is 16.8 Å². The minimum atomic E-state index is -0.393. The fraction of sp³-hybridized carbons (Fsp3) is 0.467. The molecule has 1 aromatic heterocycles. The maximum absolute atomic E-state index is 9.45. The summed E-state index contributed by atoms with van der Waals surface area (Å²) in [6, 6.07) is 10.7. The van der Waals surface area contributed by atoms with Crippen molar-refractivity contribution in [3.63, 3.8) is 0 Å². The zero-order valence-corrected chi connectivity index (χ0v) is 11.1. The van der Waals surface area contributed by atoms with E-state index in [1.54, 1.807) is 0 Å². The van der Waals surface area contributed by atoms with Crippen LogP contribution in [0.5, 0.6) is 0 Å². The van der Waals surface area contributed by atoms with E-state index < -0.39 is 5.41 Å². The van der Waals surface area contributed by atoms with E-state index in [1.165, 1.54) is 0 Å². The van der Waals surface area contributed by atoms with Crippen LogP contribution in [0.3, 0.4) is 0 Å². The van der Waals surface area contributed by atoms with Gasteiger partial charge in [0.15, 0.2) is 0 Å². The first-order chi connectivity index (χ1) is 9.28. The second-order valence-corrected chi connectivity index (χ2v) is 5.15. The summed E-state index contributed by atoms with van der Waals surface area (Å²) >= 11 is 0. The minimum Gasteiger partial charge on any atom is -0.380 e. The molecule has 2 aromatic rings. The molecule has 2 heterocycles. The molecule has 0 radical (unpaired) electrons. The Morgan fingerprint density at radius 3 is 3.00 bits per heavy atom. The summed E-state index contributed by atoms with van der Waals surface area (Å²) in [5, 5.41) is 15.3. The molecule has 4 nitrogen and oxygen atoms in total. The van der Waals surface area contributed by atoms with Crippen LogP contribution in [-0.4, -0.2) is 23.0 Å². The summed E-state index contributed by atoms with van der Waals surface area (Å²) in [6.45, 7) is 4.13. The average Bonchev–Trinajstić information content (AvgIpc) is 3.05. The van der Waals surface area contributed by atoms with Crippen LogP contribution in [0.15, 0.2) is 24.3 Å². The van der Waals surface area contributed by atoms with Crippen molar-refractivity contribution in [2.75, 3.05) is 13.2 Å². The lowest BCUT2D eigenvalue weighted by Gasteiger charge is -2.16. The third-order valence-corrected chi connectivity index (χ3v) is 3.88. The SMILES string of the molecule is CCn1nc(CC2(C#N)CCOC2)c2ccccc21. The molecule has 0 saturated carbocycles. The van der Waals surface area contributed by atoms with Crippen molar-refractivity contribution in [2.45, 2.75) is 26.3 Å². The molecule has 0 spiro atoms. The van der Waals surface area contributed by atoms with Crippen molar-refractivity contribution in [2.24, 2.45) is 5.41 Å². The van der Waals surface area contributed by atoms with E-state index in [2.05, 4.69) is 30.2 Å². The Hall–Kier alpha value is -1.86. The number of nitrogens with zero attached hydrogens (tertiary/aromatic N) is 3. The molecule has 1 atom stereocenters. The van der Waals surface area contributed by atoms with Crippen LogP contribution in [0.2, 0.25) is 0 Å². The predicted octanol–water partition coefficient (Wildman–Crippen LogP) is 2.53. The van der Waals surface area contributed by atoms with Crippen LogP contribution in [0.4, 0.5) is 0 Å². The molecular formula is C15H17N3O. The van der Waals surface area contributed by atoms with Gasteiger partial charge in [0.25, 0.3) is 0 Å². The molecule has 0 aliphatic carbocycles. The molecule has 1 fully saturated rings. The fourth-order valence-electron chi connectivity index (χ4n) is 2.76. The fourth-order valence-corrected chi connectivity index (χ4v) is 2.76. The summed E-state index contributed by atoms with van der Waals surface area (Å²) < 4.78 is 7.42. The number of fused-ring (bicyclic) bond motifs is 1. The number of aryl methyl sites for hydroxylation is 1. The van der Waals surface area contributed by atoms with Crippen LogP contribution in [0.1, 0.15) is 19.0 Å². The second kappa shape index (κ2) is 4.67. The third kappa shape index (κ3) is 2.00. The Morgan fingerprint density at radius 2 is 2.32 bits per heavy atom. The maximum Gasteiger partial charge on any atom is 0.0884 e. The monoisotopic (exact) mass is 255 g/mol. The van der Waals surface area contributed by atoms with Crippen LogP contribution in [-0.2, 0) is 17.7 Å². The normalized spacial score (nSPS) is 22.7. The molecule has 19 heavy (non-hydrogen) atoms. The first-order valence-corrected chi connectivity index (χ1v) is 6.71. The zero-order valence-electron chi connectivity index (χ0n) is 11.1. The number of para-hydroxylation sites is 1. The van der Waals surface area contributed by atoms with Gasteiger partial charge in [0.2, 0.25) is 0 Å². The number of hydrogen-bond acceptors (Lipinski definition) is 3. The van der Waals surface area contributed by atoms with Gasteiger partial charge >= 0.3 is 0 Å². The van der Waals surface area contributed by atoms with Gasteiger partial charge in [0.1, 0.15) is 0 Å². The first kappa shape index (κ1) is 12.2. The average molecular weight is 255 g/mol. The Morgan fingerprint density at radius 1 is 1.47 bits per heavy atom. The van der Waals surface area contributed by atoms with Crippen LogP contribution in [0.25, 0.3) is 10.9 Å². The molecule has 1 aromatic carbocycles. The Kier molecular flexibility index (Phi) is 3.00. The molecule has 4 heteroatoms. The smallest absolute Gasteiger partial charge is 0.0884 e. The van der Waals surface area contributed by atoms with E-state index in [0.717, 1.165) is 29.6 Å². The number of ether oxygens (including phenoxy) is 1. The highest BCUT2D eigenvalue weighted by atomic mass is 16.5. The number of benzene rings is 1.